The Bertz CT molecular complexity index is 458. The number of thioether (sulfide) groups is 1. The summed E-state index contributed by atoms with van der Waals surface area (Å²) in [4.78, 5) is 15.4. The summed E-state index contributed by atoms with van der Waals surface area (Å²) >= 11 is 1.59. The van der Waals surface area contributed by atoms with Crippen molar-refractivity contribution in [2.75, 3.05) is 25.4 Å². The number of carbonyl (C=O) groups is 1. The van der Waals surface area contributed by atoms with Gasteiger partial charge in [-0.15, -0.1) is 11.8 Å². The first-order chi connectivity index (χ1) is 10.7. The summed E-state index contributed by atoms with van der Waals surface area (Å²) in [5.41, 5.74) is 0. The molecule has 5 heteroatoms. The van der Waals surface area contributed by atoms with Gasteiger partial charge in [-0.05, 0) is 50.1 Å². The van der Waals surface area contributed by atoms with Crippen molar-refractivity contribution in [2.45, 2.75) is 43.5 Å². The second-order valence-corrected chi connectivity index (χ2v) is 6.90. The van der Waals surface area contributed by atoms with Crippen LogP contribution in [0, 0.1) is 5.82 Å². The van der Waals surface area contributed by atoms with Crippen molar-refractivity contribution in [2.24, 2.45) is 0 Å². The molecule has 0 unspecified atom stereocenters. The van der Waals surface area contributed by atoms with Crippen LogP contribution in [-0.2, 0) is 4.79 Å². The standard InChI is InChI=1S/C17H25FN2OS/c1-2-10-20-11-7-15(8-12-20)19-17(21)9-13-22-16-5-3-14(18)4-6-16/h3-6,15H,2,7-13H2,1H3,(H,19,21). The summed E-state index contributed by atoms with van der Waals surface area (Å²) in [6.45, 7) is 5.54. The van der Waals surface area contributed by atoms with Crippen LogP contribution in [0.4, 0.5) is 4.39 Å². The summed E-state index contributed by atoms with van der Waals surface area (Å²) in [6.07, 6.45) is 3.81. The zero-order chi connectivity index (χ0) is 15.8. The minimum absolute atomic E-state index is 0.128. The summed E-state index contributed by atoms with van der Waals surface area (Å²) in [5, 5.41) is 3.14. The lowest BCUT2D eigenvalue weighted by Gasteiger charge is -2.32. The molecule has 3 nitrogen and oxygen atoms in total. The van der Waals surface area contributed by atoms with E-state index in [4.69, 9.17) is 0 Å². The van der Waals surface area contributed by atoms with Crippen molar-refractivity contribution in [3.63, 3.8) is 0 Å². The smallest absolute Gasteiger partial charge is 0.221 e. The summed E-state index contributed by atoms with van der Waals surface area (Å²) < 4.78 is 12.8. The van der Waals surface area contributed by atoms with Gasteiger partial charge in [0.25, 0.3) is 0 Å². The van der Waals surface area contributed by atoms with Crippen molar-refractivity contribution < 1.29 is 9.18 Å². The maximum absolute atomic E-state index is 12.8. The molecule has 0 radical (unpaired) electrons. The van der Waals surface area contributed by atoms with Crippen molar-refractivity contribution in [1.29, 1.82) is 0 Å². The van der Waals surface area contributed by atoms with Crippen LogP contribution in [0.25, 0.3) is 0 Å². The van der Waals surface area contributed by atoms with E-state index in [-0.39, 0.29) is 11.7 Å². The van der Waals surface area contributed by atoms with Crippen molar-refractivity contribution >= 4 is 17.7 Å². The number of rotatable bonds is 7. The second kappa shape index (κ2) is 9.16. The highest BCUT2D eigenvalue weighted by Gasteiger charge is 2.19. The number of amides is 1. The molecule has 22 heavy (non-hydrogen) atoms. The highest BCUT2D eigenvalue weighted by Crippen LogP contribution is 2.19. The van der Waals surface area contributed by atoms with Crippen molar-refractivity contribution in [3.8, 4) is 0 Å². The number of likely N-dealkylation sites (tertiary alicyclic amines) is 1. The molecule has 0 aliphatic carbocycles. The molecule has 0 aromatic heterocycles. The Kier molecular flexibility index (Phi) is 7.19. The molecule has 2 rings (SSSR count). The van der Waals surface area contributed by atoms with Crippen LogP contribution in [0.15, 0.2) is 29.2 Å². The van der Waals surface area contributed by atoms with Crippen LogP contribution < -0.4 is 5.32 Å². The molecule has 1 fully saturated rings. The van der Waals surface area contributed by atoms with Gasteiger partial charge in [-0.1, -0.05) is 6.92 Å². The maximum atomic E-state index is 12.8. The van der Waals surface area contributed by atoms with Gasteiger partial charge in [0.05, 0.1) is 0 Å². The Morgan fingerprint density at radius 1 is 1.32 bits per heavy atom. The topological polar surface area (TPSA) is 32.3 Å². The van der Waals surface area contributed by atoms with E-state index in [0.29, 0.717) is 12.5 Å². The lowest BCUT2D eigenvalue weighted by molar-refractivity contribution is -0.121. The Morgan fingerprint density at radius 3 is 2.64 bits per heavy atom. The van der Waals surface area contributed by atoms with Crippen LogP contribution in [0.2, 0.25) is 0 Å². The van der Waals surface area contributed by atoms with Crippen LogP contribution in [-0.4, -0.2) is 42.2 Å². The number of benzene rings is 1. The van der Waals surface area contributed by atoms with Gasteiger partial charge >= 0.3 is 0 Å². The predicted octanol–water partition coefficient (Wildman–Crippen LogP) is 3.30. The lowest BCUT2D eigenvalue weighted by atomic mass is 10.0. The molecule has 1 saturated heterocycles. The zero-order valence-electron chi connectivity index (χ0n) is 13.2. The van der Waals surface area contributed by atoms with E-state index in [1.165, 1.54) is 18.6 Å². The van der Waals surface area contributed by atoms with E-state index in [1.807, 2.05) is 0 Å². The number of hydrogen-bond donors (Lipinski definition) is 1. The molecule has 1 aliphatic heterocycles. The number of hydrogen-bond acceptors (Lipinski definition) is 3. The Hall–Kier alpha value is -1.07. The van der Waals surface area contributed by atoms with Gasteiger partial charge in [0.1, 0.15) is 5.82 Å². The molecule has 0 atom stereocenters. The van der Waals surface area contributed by atoms with Crippen molar-refractivity contribution in [3.05, 3.63) is 30.1 Å². The number of carbonyl (C=O) groups excluding carboxylic acids is 1. The minimum atomic E-state index is -0.225. The third-order valence-corrected chi connectivity index (χ3v) is 4.92. The molecular formula is C17H25FN2OS. The van der Waals surface area contributed by atoms with Gasteiger partial charge < -0.3 is 10.2 Å². The lowest BCUT2D eigenvalue weighted by Crippen LogP contribution is -2.44. The molecule has 1 N–H and O–H groups in total. The van der Waals surface area contributed by atoms with Crippen LogP contribution in [0.1, 0.15) is 32.6 Å². The zero-order valence-corrected chi connectivity index (χ0v) is 14.0. The van der Waals surface area contributed by atoms with Gasteiger partial charge in [-0.25, -0.2) is 4.39 Å². The van der Waals surface area contributed by atoms with Crippen LogP contribution in [0.5, 0.6) is 0 Å². The molecule has 0 spiro atoms. The van der Waals surface area contributed by atoms with Gasteiger partial charge in [-0.3, -0.25) is 4.79 Å². The summed E-state index contributed by atoms with van der Waals surface area (Å²) in [6, 6.07) is 6.73. The quantitative estimate of drug-likeness (QED) is 0.781. The molecular weight excluding hydrogens is 299 g/mol. The molecule has 1 aromatic rings. The predicted molar refractivity (Wildman–Crippen MR) is 89.6 cm³/mol. The van der Waals surface area contributed by atoms with E-state index < -0.39 is 0 Å². The first-order valence-corrected chi connectivity index (χ1v) is 9.06. The molecule has 1 heterocycles. The summed E-state index contributed by atoms with van der Waals surface area (Å²) in [5.74, 6) is 0.631. The Labute approximate surface area is 136 Å². The van der Waals surface area contributed by atoms with E-state index in [1.54, 1.807) is 23.9 Å². The fourth-order valence-corrected chi connectivity index (χ4v) is 3.56. The van der Waals surface area contributed by atoms with E-state index >= 15 is 0 Å². The molecule has 1 aliphatic rings. The van der Waals surface area contributed by atoms with Crippen LogP contribution in [0.3, 0.4) is 0 Å². The average molecular weight is 324 g/mol. The van der Waals surface area contributed by atoms with E-state index in [0.717, 1.165) is 43.1 Å². The molecule has 1 amide bonds. The van der Waals surface area contributed by atoms with E-state index in [2.05, 4.69) is 17.1 Å². The van der Waals surface area contributed by atoms with Gasteiger partial charge in [0, 0.05) is 36.2 Å². The van der Waals surface area contributed by atoms with Gasteiger partial charge in [-0.2, -0.15) is 0 Å². The highest BCUT2D eigenvalue weighted by molar-refractivity contribution is 7.99. The summed E-state index contributed by atoms with van der Waals surface area (Å²) in [7, 11) is 0. The monoisotopic (exact) mass is 324 g/mol. The number of nitrogens with one attached hydrogen (secondary N) is 1. The largest absolute Gasteiger partial charge is 0.353 e. The first kappa shape index (κ1) is 17.3. The number of nitrogens with zero attached hydrogens (tertiary/aromatic N) is 1. The molecule has 0 saturated carbocycles. The number of halogens is 1. The maximum Gasteiger partial charge on any atom is 0.221 e. The molecule has 0 bridgehead atoms. The first-order valence-electron chi connectivity index (χ1n) is 8.07. The van der Waals surface area contributed by atoms with Gasteiger partial charge in [0.2, 0.25) is 5.91 Å². The Morgan fingerprint density at radius 2 is 2.00 bits per heavy atom. The molecule has 1 aromatic carbocycles. The number of piperidine rings is 1. The van der Waals surface area contributed by atoms with Crippen LogP contribution >= 0.6 is 11.8 Å². The SMILES string of the molecule is CCCN1CCC(NC(=O)CCSc2ccc(F)cc2)CC1. The minimum Gasteiger partial charge on any atom is -0.353 e. The fraction of sp³-hybridized carbons (Fsp3) is 0.588. The van der Waals surface area contributed by atoms with Gasteiger partial charge in [0.15, 0.2) is 0 Å². The van der Waals surface area contributed by atoms with Crippen molar-refractivity contribution in [1.82, 2.24) is 10.2 Å². The molecule has 122 valence electrons. The third kappa shape index (κ3) is 5.97. The third-order valence-electron chi connectivity index (χ3n) is 3.90. The fourth-order valence-electron chi connectivity index (χ4n) is 2.71. The van der Waals surface area contributed by atoms with E-state index in [9.17, 15) is 9.18 Å². The second-order valence-electron chi connectivity index (χ2n) is 5.74. The highest BCUT2D eigenvalue weighted by atomic mass is 32.2. The normalized spacial score (nSPS) is 16.6. The Balaban J connectivity index is 1.61. The average Bonchev–Trinajstić information content (AvgIpc) is 2.51.